The number of halogens is 10. The van der Waals surface area contributed by atoms with E-state index in [9.17, 15) is 44.3 Å². The van der Waals surface area contributed by atoms with E-state index in [1.807, 2.05) is 0 Å². The first-order valence-corrected chi connectivity index (χ1v) is 11.2. The number of ether oxygens (including phenoxy) is 1. The van der Waals surface area contributed by atoms with Crippen molar-refractivity contribution < 1.29 is 53.6 Å². The topological polar surface area (TPSA) is 82.2 Å². The molecule has 37 heavy (non-hydrogen) atoms. The molecule has 0 saturated heterocycles. The molecule has 1 atom stereocenters. The highest BCUT2D eigenvalue weighted by molar-refractivity contribution is 7.19. The van der Waals surface area contributed by atoms with Crippen LogP contribution in [0.3, 0.4) is 0 Å². The van der Waals surface area contributed by atoms with E-state index in [1.165, 1.54) is 6.07 Å². The van der Waals surface area contributed by atoms with Gasteiger partial charge < -0.3 is 14.6 Å². The molecule has 1 unspecified atom stereocenters. The maximum atomic E-state index is 13.8. The zero-order chi connectivity index (χ0) is 27.5. The quantitative estimate of drug-likeness (QED) is 0.334. The van der Waals surface area contributed by atoms with E-state index in [1.54, 1.807) is 0 Å². The van der Waals surface area contributed by atoms with Gasteiger partial charge >= 0.3 is 18.5 Å². The Hall–Kier alpha value is -2.95. The minimum atomic E-state index is -6.13. The number of aromatic nitrogens is 3. The summed E-state index contributed by atoms with van der Waals surface area (Å²) in [6.45, 7) is 0. The highest BCUT2D eigenvalue weighted by Crippen LogP contribution is 2.46. The van der Waals surface area contributed by atoms with Crippen LogP contribution in [0.5, 0.6) is 5.88 Å². The number of aryl methyl sites for hydroxylation is 1. The summed E-state index contributed by atoms with van der Waals surface area (Å²) in [6, 6.07) is 2.25. The van der Waals surface area contributed by atoms with Gasteiger partial charge in [0, 0.05) is 19.2 Å². The highest BCUT2D eigenvalue weighted by Gasteiger charge is 2.60. The van der Waals surface area contributed by atoms with Crippen molar-refractivity contribution >= 4 is 28.8 Å². The fraction of sp³-hybridized carbons (Fsp3) is 0.421. The van der Waals surface area contributed by atoms with Crippen LogP contribution in [-0.4, -0.2) is 45.3 Å². The van der Waals surface area contributed by atoms with E-state index in [0.717, 1.165) is 37.3 Å². The number of hydrogen-bond acceptors (Lipinski definition) is 6. The molecule has 4 rings (SSSR count). The van der Waals surface area contributed by atoms with Gasteiger partial charge in [-0.25, -0.2) is 4.39 Å². The van der Waals surface area contributed by atoms with Gasteiger partial charge in [0.15, 0.2) is 5.76 Å². The number of rotatable bonds is 7. The second-order valence-electron chi connectivity index (χ2n) is 7.84. The van der Waals surface area contributed by atoms with Crippen molar-refractivity contribution in [3.8, 4) is 27.9 Å². The molecule has 0 radical (unpaired) electrons. The Morgan fingerprint density at radius 3 is 2.43 bits per heavy atom. The Balaban J connectivity index is 1.70. The van der Waals surface area contributed by atoms with E-state index in [-0.39, 0.29) is 26.6 Å². The summed E-state index contributed by atoms with van der Waals surface area (Å²) in [4.78, 5) is 12.4. The number of hydrogen-bond donors (Lipinski definition) is 1. The normalized spacial score (nSPS) is 15.6. The number of alkyl halides is 9. The SMILES string of the molecule is Cn1nc(OC(F)(F)C(F)C(F)(F)F)c(C(F)(F)F)c1-c1cc(-c2cc(C(=O)NC3CC3)c(Cl)s2)on1. The monoisotopic (exact) mass is 582 g/mol. The van der Waals surface area contributed by atoms with Gasteiger partial charge in [-0.1, -0.05) is 16.8 Å². The fourth-order valence-electron chi connectivity index (χ4n) is 3.13. The number of carbonyl (C=O) groups is 1. The zero-order valence-corrected chi connectivity index (χ0v) is 19.6. The maximum absolute atomic E-state index is 13.8. The number of nitrogens with one attached hydrogen (secondary N) is 1. The molecule has 18 heteroatoms. The smallest absolute Gasteiger partial charge is 0.410 e. The summed E-state index contributed by atoms with van der Waals surface area (Å²) < 4.78 is 128. The van der Waals surface area contributed by atoms with Gasteiger partial charge in [0.25, 0.3) is 18.0 Å². The second kappa shape index (κ2) is 9.11. The standard InChI is InChI=1S/C19H12ClF9N4O3S/c1-33-12(11(17(22,23)24)15(31-33)35-19(28,29)16(21)18(25,26)27)8-5-9(36-32-8)10-4-7(13(20)37-10)14(34)30-6-2-3-6/h4-6,16H,2-3H2,1H3,(H,30,34). The largest absolute Gasteiger partial charge is 0.440 e. The molecule has 3 heterocycles. The summed E-state index contributed by atoms with van der Waals surface area (Å²) in [6.07, 6.45) is -20.7. The van der Waals surface area contributed by atoms with Crippen LogP contribution in [0.25, 0.3) is 22.0 Å². The molecule has 3 aromatic heterocycles. The number of amides is 1. The predicted molar refractivity (Wildman–Crippen MR) is 109 cm³/mol. The summed E-state index contributed by atoms with van der Waals surface area (Å²) in [5, 5.41) is 9.23. The van der Waals surface area contributed by atoms with Crippen LogP contribution in [0.2, 0.25) is 4.34 Å². The van der Waals surface area contributed by atoms with Crippen LogP contribution in [0.1, 0.15) is 28.8 Å². The first-order valence-electron chi connectivity index (χ1n) is 9.98. The molecule has 1 N–H and O–H groups in total. The zero-order valence-electron chi connectivity index (χ0n) is 18.0. The lowest BCUT2D eigenvalue weighted by atomic mass is 10.1. The lowest BCUT2D eigenvalue weighted by Crippen LogP contribution is -2.46. The fourth-order valence-corrected chi connectivity index (χ4v) is 4.35. The molecule has 202 valence electrons. The van der Waals surface area contributed by atoms with Crippen LogP contribution < -0.4 is 10.1 Å². The van der Waals surface area contributed by atoms with Crippen LogP contribution in [0.4, 0.5) is 39.5 Å². The Morgan fingerprint density at radius 2 is 1.86 bits per heavy atom. The molecule has 3 aromatic rings. The lowest BCUT2D eigenvalue weighted by molar-refractivity contribution is -0.306. The first kappa shape index (κ1) is 27.1. The van der Waals surface area contributed by atoms with Crippen LogP contribution in [-0.2, 0) is 13.2 Å². The second-order valence-corrected chi connectivity index (χ2v) is 9.49. The third kappa shape index (κ3) is 5.51. The Bertz CT molecular complexity index is 1330. The van der Waals surface area contributed by atoms with E-state index in [2.05, 4.69) is 20.3 Å². The molecule has 0 spiro atoms. The molecule has 1 aliphatic carbocycles. The summed E-state index contributed by atoms with van der Waals surface area (Å²) >= 11 is 6.92. The third-order valence-electron chi connectivity index (χ3n) is 4.95. The molecule has 1 saturated carbocycles. The van der Waals surface area contributed by atoms with Gasteiger partial charge in [0.2, 0.25) is 0 Å². The molecular formula is C19H12ClF9N4O3S. The molecule has 1 fully saturated rings. The minimum Gasteiger partial charge on any atom is -0.410 e. The van der Waals surface area contributed by atoms with E-state index in [4.69, 9.17) is 16.1 Å². The van der Waals surface area contributed by atoms with Gasteiger partial charge in [-0.05, 0) is 18.9 Å². The molecule has 7 nitrogen and oxygen atoms in total. The maximum Gasteiger partial charge on any atom is 0.440 e. The lowest BCUT2D eigenvalue weighted by Gasteiger charge is -2.22. The first-order chi connectivity index (χ1) is 17.0. The van der Waals surface area contributed by atoms with Gasteiger partial charge in [-0.2, -0.15) is 35.1 Å². The van der Waals surface area contributed by atoms with Crippen molar-refractivity contribution in [1.29, 1.82) is 0 Å². The number of carbonyl (C=O) groups excluding carboxylic acids is 1. The van der Waals surface area contributed by atoms with Gasteiger partial charge in [0.05, 0.1) is 10.4 Å². The Morgan fingerprint density at radius 1 is 1.22 bits per heavy atom. The van der Waals surface area contributed by atoms with Crippen LogP contribution in [0.15, 0.2) is 16.7 Å². The van der Waals surface area contributed by atoms with Gasteiger partial charge in [0.1, 0.15) is 21.3 Å². The number of nitrogens with zero attached hydrogens (tertiary/aromatic N) is 3. The van der Waals surface area contributed by atoms with E-state index >= 15 is 0 Å². The summed E-state index contributed by atoms with van der Waals surface area (Å²) in [5.41, 5.74) is -3.62. The molecule has 0 bridgehead atoms. The van der Waals surface area contributed by atoms with E-state index < -0.39 is 53.4 Å². The number of thiophene rings is 1. The van der Waals surface area contributed by atoms with Crippen LogP contribution in [0, 0.1) is 0 Å². The minimum absolute atomic E-state index is 0.0158. The van der Waals surface area contributed by atoms with Crippen molar-refractivity contribution in [2.24, 2.45) is 7.05 Å². The Labute approximate surface area is 209 Å². The molecule has 1 amide bonds. The molecule has 0 aliphatic heterocycles. The van der Waals surface area contributed by atoms with Crippen LogP contribution >= 0.6 is 22.9 Å². The van der Waals surface area contributed by atoms with E-state index in [0.29, 0.717) is 4.68 Å². The summed E-state index contributed by atoms with van der Waals surface area (Å²) in [7, 11) is 0.836. The average Bonchev–Trinajstić information content (AvgIpc) is 3.15. The molecule has 1 aliphatic rings. The average molecular weight is 583 g/mol. The van der Waals surface area contributed by atoms with Crippen molar-refractivity contribution in [3.63, 3.8) is 0 Å². The highest BCUT2D eigenvalue weighted by atomic mass is 35.5. The molecule has 0 aromatic carbocycles. The molecular weight excluding hydrogens is 571 g/mol. The van der Waals surface area contributed by atoms with Crippen molar-refractivity contribution in [3.05, 3.63) is 27.6 Å². The van der Waals surface area contributed by atoms with Gasteiger partial charge in [-0.3, -0.25) is 9.48 Å². The van der Waals surface area contributed by atoms with Gasteiger partial charge in [-0.15, -0.1) is 16.4 Å². The van der Waals surface area contributed by atoms with Crippen molar-refractivity contribution in [2.75, 3.05) is 0 Å². The predicted octanol–water partition coefficient (Wildman–Crippen LogP) is 6.24. The van der Waals surface area contributed by atoms with Crippen molar-refractivity contribution in [1.82, 2.24) is 20.3 Å². The summed E-state index contributed by atoms with van der Waals surface area (Å²) in [5.74, 6) is -2.66. The van der Waals surface area contributed by atoms with Crippen molar-refractivity contribution in [2.45, 2.75) is 43.5 Å². The third-order valence-corrected chi connectivity index (χ3v) is 6.33. The Kier molecular flexibility index (Phi) is 6.67.